The summed E-state index contributed by atoms with van der Waals surface area (Å²) < 4.78 is 7.06. The van der Waals surface area contributed by atoms with Gasteiger partial charge in [-0.1, -0.05) is 23.7 Å². The minimum Gasteiger partial charge on any atom is -0.618 e. The summed E-state index contributed by atoms with van der Waals surface area (Å²) in [4.78, 5) is 19.0. The Morgan fingerprint density at radius 3 is 2.69 bits per heavy atom. The fourth-order valence-electron chi connectivity index (χ4n) is 4.95. The summed E-state index contributed by atoms with van der Waals surface area (Å²) in [6.07, 6.45) is 6.39. The maximum absolute atomic E-state index is 13.4. The molecule has 1 unspecified atom stereocenters. The number of anilines is 1. The fourth-order valence-corrected chi connectivity index (χ4v) is 5.12. The van der Waals surface area contributed by atoms with E-state index in [-0.39, 0.29) is 17.9 Å². The summed E-state index contributed by atoms with van der Waals surface area (Å²) >= 11 is 6.30. The van der Waals surface area contributed by atoms with Gasteiger partial charge in [-0.2, -0.15) is 4.73 Å². The SMILES string of the molecule is COC(=O)Nc1ccc(-c2cnc(C3(O)CCc4cc(-c5cc(Cl)ccc5-n5cnnc5)c[n+]([O-])c43)[nH]2)cc1. The molecule has 196 valence electrons. The Balaban J connectivity index is 1.33. The zero-order valence-corrected chi connectivity index (χ0v) is 21.4. The monoisotopic (exact) mass is 543 g/mol. The number of nitrogens with zero attached hydrogens (tertiary/aromatic N) is 5. The van der Waals surface area contributed by atoms with Gasteiger partial charge in [0.1, 0.15) is 18.5 Å². The molecule has 3 aromatic heterocycles. The lowest BCUT2D eigenvalue weighted by Gasteiger charge is -2.20. The number of benzene rings is 2. The molecule has 0 spiro atoms. The number of nitrogens with one attached hydrogen (secondary N) is 2. The van der Waals surface area contributed by atoms with Gasteiger partial charge >= 0.3 is 6.09 Å². The topological polar surface area (TPSA) is 145 Å². The molecule has 0 fully saturated rings. The van der Waals surface area contributed by atoms with E-state index >= 15 is 0 Å². The smallest absolute Gasteiger partial charge is 0.411 e. The van der Waals surface area contributed by atoms with E-state index in [1.807, 2.05) is 12.1 Å². The van der Waals surface area contributed by atoms with Crippen molar-refractivity contribution in [3.8, 4) is 28.1 Å². The molecule has 6 rings (SSSR count). The number of hydrogen-bond donors (Lipinski definition) is 3. The molecule has 39 heavy (non-hydrogen) atoms. The molecule has 0 bridgehead atoms. The molecule has 0 saturated carbocycles. The predicted molar refractivity (Wildman–Crippen MR) is 142 cm³/mol. The van der Waals surface area contributed by atoms with Crippen LogP contribution in [0.15, 0.2) is 73.6 Å². The Morgan fingerprint density at radius 1 is 1.18 bits per heavy atom. The molecule has 0 saturated heterocycles. The summed E-state index contributed by atoms with van der Waals surface area (Å²) in [5.41, 5.74) is 3.53. The molecule has 1 aliphatic rings. The van der Waals surface area contributed by atoms with Crippen molar-refractivity contribution in [2.24, 2.45) is 0 Å². The molecule has 0 radical (unpaired) electrons. The molecule has 1 aliphatic carbocycles. The van der Waals surface area contributed by atoms with Gasteiger partial charge in [0.2, 0.25) is 11.3 Å². The minimum atomic E-state index is -1.59. The molecular formula is C27H22ClN7O4. The van der Waals surface area contributed by atoms with Crippen molar-refractivity contribution in [1.29, 1.82) is 0 Å². The third-order valence-electron chi connectivity index (χ3n) is 6.82. The van der Waals surface area contributed by atoms with E-state index in [4.69, 9.17) is 11.6 Å². The highest BCUT2D eigenvalue weighted by molar-refractivity contribution is 6.31. The number of aromatic amines is 1. The normalized spacial score (nSPS) is 16.2. The zero-order valence-electron chi connectivity index (χ0n) is 20.6. The first-order valence-corrected chi connectivity index (χ1v) is 12.4. The first-order valence-electron chi connectivity index (χ1n) is 12.0. The standard InChI is InChI=1S/C27H22ClN7O4/c1-39-26(36)32-20-5-2-16(3-6-20)22-12-29-25(33-22)27(37)9-8-17-10-18(13-35(38)24(17)27)21-11-19(28)4-7-23(21)34-14-30-31-15-34/h2-7,10-15,37H,8-9H2,1H3,(H,29,33)(H,32,36). The molecule has 3 heterocycles. The van der Waals surface area contributed by atoms with E-state index in [0.717, 1.165) is 22.4 Å². The maximum atomic E-state index is 13.4. The first kappa shape index (κ1) is 24.6. The number of imidazole rings is 1. The molecule has 12 heteroatoms. The summed E-state index contributed by atoms with van der Waals surface area (Å²) in [6, 6.07) is 14.3. The summed E-state index contributed by atoms with van der Waals surface area (Å²) in [5.74, 6) is 0.276. The fraction of sp³-hybridized carbons (Fsp3) is 0.148. The van der Waals surface area contributed by atoms with Crippen molar-refractivity contribution in [1.82, 2.24) is 24.7 Å². The first-order chi connectivity index (χ1) is 18.9. The van der Waals surface area contributed by atoms with Crippen molar-refractivity contribution < 1.29 is 19.4 Å². The Bertz CT molecular complexity index is 1690. The highest BCUT2D eigenvalue weighted by Gasteiger charge is 2.48. The van der Waals surface area contributed by atoms with Crippen LogP contribution in [-0.4, -0.2) is 43.0 Å². The summed E-state index contributed by atoms with van der Waals surface area (Å²) in [6.45, 7) is 0. The lowest BCUT2D eigenvalue weighted by atomic mass is 9.98. The minimum absolute atomic E-state index is 0.234. The van der Waals surface area contributed by atoms with E-state index in [1.165, 1.54) is 13.3 Å². The number of aromatic nitrogens is 6. The van der Waals surface area contributed by atoms with Gasteiger partial charge in [-0.15, -0.1) is 10.2 Å². The van der Waals surface area contributed by atoms with Crippen LogP contribution in [0.5, 0.6) is 0 Å². The largest absolute Gasteiger partial charge is 0.618 e. The Morgan fingerprint density at radius 2 is 1.95 bits per heavy atom. The number of aliphatic hydroxyl groups is 1. The summed E-state index contributed by atoms with van der Waals surface area (Å²) in [7, 11) is 1.29. The molecular weight excluding hydrogens is 522 g/mol. The lowest BCUT2D eigenvalue weighted by molar-refractivity contribution is -0.620. The Hall–Kier alpha value is -4.74. The molecule has 0 aliphatic heterocycles. The van der Waals surface area contributed by atoms with Gasteiger partial charge in [-0.3, -0.25) is 9.88 Å². The second-order valence-corrected chi connectivity index (χ2v) is 9.60. The Kier molecular flexibility index (Phi) is 6.01. The summed E-state index contributed by atoms with van der Waals surface area (Å²) in [5, 5.41) is 36.0. The van der Waals surface area contributed by atoms with E-state index in [1.54, 1.807) is 59.8 Å². The number of hydrogen-bond acceptors (Lipinski definition) is 7. The van der Waals surface area contributed by atoms with Crippen LogP contribution in [0.3, 0.4) is 0 Å². The van der Waals surface area contributed by atoms with Crippen molar-refractivity contribution in [2.75, 3.05) is 12.4 Å². The van der Waals surface area contributed by atoms with Gasteiger partial charge in [-0.25, -0.2) is 9.78 Å². The number of fused-ring (bicyclic) bond motifs is 1. The van der Waals surface area contributed by atoms with Gasteiger partial charge in [0, 0.05) is 27.4 Å². The molecule has 1 amide bonds. The van der Waals surface area contributed by atoms with Crippen molar-refractivity contribution in [2.45, 2.75) is 18.4 Å². The van der Waals surface area contributed by atoms with Crippen LogP contribution in [-0.2, 0) is 16.8 Å². The zero-order chi connectivity index (χ0) is 27.1. The second-order valence-electron chi connectivity index (χ2n) is 9.16. The van der Waals surface area contributed by atoms with Gasteiger partial charge in [-0.05, 0) is 54.8 Å². The number of amides is 1. The third-order valence-corrected chi connectivity index (χ3v) is 7.06. The molecule has 5 aromatic rings. The second kappa shape index (κ2) is 9.53. The molecule has 1 atom stereocenters. The van der Waals surface area contributed by atoms with Crippen LogP contribution in [0.1, 0.15) is 23.5 Å². The van der Waals surface area contributed by atoms with Gasteiger partial charge < -0.3 is 20.0 Å². The molecule has 2 aromatic carbocycles. The number of ether oxygens (including phenoxy) is 1. The van der Waals surface area contributed by atoms with Gasteiger partial charge in [0.25, 0.3) is 0 Å². The molecule has 3 N–H and O–H groups in total. The van der Waals surface area contributed by atoms with E-state index in [2.05, 4.69) is 30.2 Å². The average Bonchev–Trinajstić information content (AvgIpc) is 3.70. The number of H-pyrrole nitrogens is 1. The van der Waals surface area contributed by atoms with Crippen LogP contribution in [0.25, 0.3) is 28.1 Å². The Labute approximate surface area is 227 Å². The number of carbonyl (C=O) groups is 1. The highest BCUT2D eigenvalue weighted by Crippen LogP contribution is 2.41. The number of rotatable bonds is 5. The van der Waals surface area contributed by atoms with Crippen molar-refractivity contribution in [3.05, 3.63) is 101 Å². The van der Waals surface area contributed by atoms with Crippen LogP contribution in [0.2, 0.25) is 5.02 Å². The maximum Gasteiger partial charge on any atom is 0.411 e. The van der Waals surface area contributed by atoms with Crippen LogP contribution in [0, 0.1) is 5.21 Å². The predicted octanol–water partition coefficient (Wildman–Crippen LogP) is 3.97. The average molecular weight is 544 g/mol. The number of carbonyl (C=O) groups excluding carboxylic acids is 1. The number of pyridine rings is 1. The number of methoxy groups -OCH3 is 1. The van der Waals surface area contributed by atoms with E-state index < -0.39 is 11.7 Å². The van der Waals surface area contributed by atoms with Crippen LogP contribution < -0.4 is 10.0 Å². The van der Waals surface area contributed by atoms with Crippen molar-refractivity contribution in [3.63, 3.8) is 0 Å². The third kappa shape index (κ3) is 4.37. The van der Waals surface area contributed by atoms with Crippen molar-refractivity contribution >= 4 is 23.4 Å². The lowest BCUT2D eigenvalue weighted by Crippen LogP contribution is -2.42. The van der Waals surface area contributed by atoms with E-state index in [9.17, 15) is 15.1 Å². The van der Waals surface area contributed by atoms with E-state index in [0.29, 0.717) is 33.1 Å². The van der Waals surface area contributed by atoms with Crippen LogP contribution >= 0.6 is 11.6 Å². The highest BCUT2D eigenvalue weighted by atomic mass is 35.5. The van der Waals surface area contributed by atoms with Gasteiger partial charge in [0.15, 0.2) is 6.20 Å². The molecule has 11 nitrogen and oxygen atoms in total. The van der Waals surface area contributed by atoms with Gasteiger partial charge in [0.05, 0.1) is 24.7 Å². The number of aryl methyl sites for hydroxylation is 1. The van der Waals surface area contributed by atoms with Crippen LogP contribution in [0.4, 0.5) is 10.5 Å². The quantitative estimate of drug-likeness (QED) is 0.224. The number of halogens is 1.